The summed E-state index contributed by atoms with van der Waals surface area (Å²) in [5.74, 6) is 0. The molecule has 0 saturated heterocycles. The normalized spacial score (nSPS) is 10.5. The second-order valence-corrected chi connectivity index (χ2v) is 3.72. The average Bonchev–Trinajstić information content (AvgIpc) is 2.03. The summed E-state index contributed by atoms with van der Waals surface area (Å²) in [6, 6.07) is 4.76. The smallest absolute Gasteiger partial charge is 0.258 e. The first kappa shape index (κ1) is 10.3. The topological polar surface area (TPSA) is 43.1 Å². The standard InChI is InChI=1S/C8H7Cl2NO2/c1-5-2-3-6(8(9)10)7(4-5)11(12)13/h2-4,8H,1H3. The fourth-order valence-corrected chi connectivity index (χ4v) is 1.37. The van der Waals surface area contributed by atoms with E-state index in [9.17, 15) is 10.1 Å². The minimum absolute atomic E-state index is 0.0324. The van der Waals surface area contributed by atoms with E-state index < -0.39 is 9.76 Å². The number of rotatable bonds is 2. The number of hydrogen-bond donors (Lipinski definition) is 0. The third kappa shape index (κ3) is 2.32. The molecule has 0 N–H and O–H groups in total. The van der Waals surface area contributed by atoms with Crippen LogP contribution >= 0.6 is 23.2 Å². The van der Waals surface area contributed by atoms with Gasteiger partial charge >= 0.3 is 0 Å². The lowest BCUT2D eigenvalue weighted by Crippen LogP contribution is -1.95. The lowest BCUT2D eigenvalue weighted by atomic mass is 10.1. The Morgan fingerprint density at radius 2 is 2.08 bits per heavy atom. The first-order chi connectivity index (χ1) is 6.02. The second-order valence-electron chi connectivity index (χ2n) is 2.62. The molecule has 0 aliphatic rings. The number of nitro groups is 1. The number of hydrogen-bond acceptors (Lipinski definition) is 2. The van der Waals surface area contributed by atoms with Gasteiger partial charge in [-0.25, -0.2) is 0 Å². The number of nitro benzene ring substituents is 1. The number of halogens is 2. The predicted molar refractivity (Wildman–Crippen MR) is 52.3 cm³/mol. The third-order valence-electron chi connectivity index (χ3n) is 1.62. The molecule has 0 atom stereocenters. The molecule has 0 radical (unpaired) electrons. The van der Waals surface area contributed by atoms with Crippen molar-refractivity contribution >= 4 is 28.9 Å². The Bertz CT molecular complexity index is 339. The third-order valence-corrected chi connectivity index (χ3v) is 2.09. The molecule has 0 unspecified atom stereocenters. The Kier molecular flexibility index (Phi) is 3.12. The molecular formula is C8H7Cl2NO2. The molecule has 0 aliphatic carbocycles. The number of benzene rings is 1. The van der Waals surface area contributed by atoms with Gasteiger partial charge in [0.25, 0.3) is 5.69 Å². The summed E-state index contributed by atoms with van der Waals surface area (Å²) in [6.07, 6.45) is 0. The van der Waals surface area contributed by atoms with Crippen molar-refractivity contribution < 1.29 is 4.92 Å². The molecular weight excluding hydrogens is 213 g/mol. The number of aryl methyl sites for hydroxylation is 1. The van der Waals surface area contributed by atoms with Gasteiger partial charge in [0, 0.05) is 6.07 Å². The van der Waals surface area contributed by atoms with Crippen molar-refractivity contribution in [3.63, 3.8) is 0 Å². The molecule has 1 aromatic carbocycles. The van der Waals surface area contributed by atoms with Crippen molar-refractivity contribution in [3.8, 4) is 0 Å². The fourth-order valence-electron chi connectivity index (χ4n) is 0.996. The fraction of sp³-hybridized carbons (Fsp3) is 0.250. The maximum Gasteiger partial charge on any atom is 0.275 e. The van der Waals surface area contributed by atoms with Gasteiger partial charge in [-0.2, -0.15) is 0 Å². The molecule has 0 aromatic heterocycles. The van der Waals surface area contributed by atoms with Gasteiger partial charge in [0.15, 0.2) is 0 Å². The highest BCUT2D eigenvalue weighted by atomic mass is 35.5. The van der Waals surface area contributed by atoms with Crippen LogP contribution in [-0.4, -0.2) is 4.92 Å². The summed E-state index contributed by atoms with van der Waals surface area (Å²) in [6.45, 7) is 1.77. The maximum absolute atomic E-state index is 10.6. The molecule has 0 heterocycles. The van der Waals surface area contributed by atoms with Gasteiger partial charge < -0.3 is 0 Å². The van der Waals surface area contributed by atoms with Crippen LogP contribution in [0.2, 0.25) is 0 Å². The van der Waals surface area contributed by atoms with Crippen molar-refractivity contribution in [2.24, 2.45) is 0 Å². The quantitative estimate of drug-likeness (QED) is 0.435. The Balaban J connectivity index is 3.27. The summed E-state index contributed by atoms with van der Waals surface area (Å²) in [4.78, 5) is 9.22. The van der Waals surface area contributed by atoms with Crippen LogP contribution in [0.4, 0.5) is 5.69 Å². The van der Waals surface area contributed by atoms with Gasteiger partial charge in [0.05, 0.1) is 10.5 Å². The molecule has 0 fully saturated rings. The summed E-state index contributed by atoms with van der Waals surface area (Å²) in [7, 11) is 0. The summed E-state index contributed by atoms with van der Waals surface area (Å²) in [5, 5.41) is 10.6. The van der Waals surface area contributed by atoms with Crippen LogP contribution in [0.25, 0.3) is 0 Å². The minimum atomic E-state index is -0.860. The monoisotopic (exact) mass is 219 g/mol. The summed E-state index contributed by atoms with van der Waals surface area (Å²) < 4.78 is 0. The molecule has 0 spiro atoms. The highest BCUT2D eigenvalue weighted by Gasteiger charge is 2.18. The Labute approximate surface area is 85.4 Å². The van der Waals surface area contributed by atoms with Gasteiger partial charge in [-0.05, 0) is 18.6 Å². The van der Waals surface area contributed by atoms with Gasteiger partial charge in [-0.15, -0.1) is 0 Å². The number of nitrogens with zero attached hydrogens (tertiary/aromatic N) is 1. The van der Waals surface area contributed by atoms with Gasteiger partial charge in [0.1, 0.15) is 4.84 Å². The highest BCUT2D eigenvalue weighted by Crippen LogP contribution is 2.32. The minimum Gasteiger partial charge on any atom is -0.258 e. The van der Waals surface area contributed by atoms with Crippen molar-refractivity contribution in [1.29, 1.82) is 0 Å². The van der Waals surface area contributed by atoms with E-state index in [0.717, 1.165) is 5.56 Å². The van der Waals surface area contributed by atoms with E-state index in [4.69, 9.17) is 23.2 Å². The Morgan fingerprint density at radius 3 is 2.54 bits per heavy atom. The molecule has 0 aliphatic heterocycles. The average molecular weight is 220 g/mol. The molecule has 13 heavy (non-hydrogen) atoms. The molecule has 3 nitrogen and oxygen atoms in total. The molecule has 1 rings (SSSR count). The lowest BCUT2D eigenvalue weighted by Gasteiger charge is -2.03. The van der Waals surface area contributed by atoms with Crippen LogP contribution in [0.5, 0.6) is 0 Å². The first-order valence-corrected chi connectivity index (χ1v) is 4.42. The highest BCUT2D eigenvalue weighted by molar-refractivity contribution is 6.44. The van der Waals surface area contributed by atoms with E-state index >= 15 is 0 Å². The van der Waals surface area contributed by atoms with Gasteiger partial charge in [-0.1, -0.05) is 29.3 Å². The van der Waals surface area contributed by atoms with Crippen LogP contribution in [-0.2, 0) is 0 Å². The summed E-state index contributed by atoms with van der Waals surface area (Å²) >= 11 is 11.1. The Morgan fingerprint density at radius 1 is 1.46 bits per heavy atom. The zero-order valence-electron chi connectivity index (χ0n) is 6.83. The predicted octanol–water partition coefficient (Wildman–Crippen LogP) is 3.38. The van der Waals surface area contributed by atoms with Crippen LogP contribution in [0.1, 0.15) is 16.0 Å². The van der Waals surface area contributed by atoms with Crippen LogP contribution in [0.3, 0.4) is 0 Å². The van der Waals surface area contributed by atoms with E-state index in [0.29, 0.717) is 5.56 Å². The number of alkyl halides is 2. The SMILES string of the molecule is Cc1ccc(C(Cl)Cl)c([N+](=O)[O-])c1. The lowest BCUT2D eigenvalue weighted by molar-refractivity contribution is -0.385. The second kappa shape index (κ2) is 3.94. The van der Waals surface area contributed by atoms with Gasteiger partial charge in [-0.3, -0.25) is 10.1 Å². The molecule has 1 aromatic rings. The van der Waals surface area contributed by atoms with E-state index in [2.05, 4.69) is 0 Å². The first-order valence-electron chi connectivity index (χ1n) is 3.55. The van der Waals surface area contributed by atoms with E-state index in [1.54, 1.807) is 19.1 Å². The molecule has 5 heteroatoms. The van der Waals surface area contributed by atoms with E-state index in [-0.39, 0.29) is 5.69 Å². The zero-order valence-corrected chi connectivity index (χ0v) is 8.34. The molecule has 0 bridgehead atoms. The van der Waals surface area contributed by atoms with Gasteiger partial charge in [0.2, 0.25) is 0 Å². The van der Waals surface area contributed by atoms with E-state index in [1.807, 2.05) is 0 Å². The molecule has 70 valence electrons. The van der Waals surface area contributed by atoms with Crippen LogP contribution < -0.4 is 0 Å². The Hall–Kier alpha value is -0.800. The van der Waals surface area contributed by atoms with Crippen LogP contribution in [0.15, 0.2) is 18.2 Å². The summed E-state index contributed by atoms with van der Waals surface area (Å²) in [5.41, 5.74) is 1.11. The van der Waals surface area contributed by atoms with Crippen molar-refractivity contribution in [1.82, 2.24) is 0 Å². The zero-order chi connectivity index (χ0) is 10.0. The van der Waals surface area contributed by atoms with Crippen molar-refractivity contribution in [3.05, 3.63) is 39.4 Å². The molecule has 0 saturated carbocycles. The van der Waals surface area contributed by atoms with Crippen LogP contribution in [0, 0.1) is 17.0 Å². The van der Waals surface area contributed by atoms with E-state index in [1.165, 1.54) is 6.07 Å². The largest absolute Gasteiger partial charge is 0.275 e. The van der Waals surface area contributed by atoms with Crippen molar-refractivity contribution in [2.75, 3.05) is 0 Å². The maximum atomic E-state index is 10.6. The van der Waals surface area contributed by atoms with Crippen molar-refractivity contribution in [2.45, 2.75) is 11.8 Å². The molecule has 0 amide bonds.